The predicted molar refractivity (Wildman–Crippen MR) is 67.3 cm³/mol. The first kappa shape index (κ1) is 11.9. The van der Waals surface area contributed by atoms with E-state index in [4.69, 9.17) is 23.1 Å². The molecule has 1 aromatic carbocycles. The molecule has 0 spiro atoms. The van der Waals surface area contributed by atoms with E-state index in [2.05, 4.69) is 0 Å². The number of aliphatic hydroxyl groups excluding tert-OH is 1. The SMILES string of the molecule is CC(CO)N(C)c1ccc(C(N)=S)cc1. The first-order valence-electron chi connectivity index (χ1n) is 4.80. The molecule has 15 heavy (non-hydrogen) atoms. The molecule has 0 aliphatic rings. The minimum atomic E-state index is 0.0979. The molecule has 0 aromatic heterocycles. The van der Waals surface area contributed by atoms with Crippen molar-refractivity contribution in [1.82, 2.24) is 0 Å². The van der Waals surface area contributed by atoms with E-state index in [1.165, 1.54) is 0 Å². The highest BCUT2D eigenvalue weighted by atomic mass is 32.1. The van der Waals surface area contributed by atoms with E-state index >= 15 is 0 Å². The minimum Gasteiger partial charge on any atom is -0.394 e. The van der Waals surface area contributed by atoms with Crippen LogP contribution in [0.4, 0.5) is 5.69 Å². The molecule has 0 aliphatic heterocycles. The molecule has 0 saturated heterocycles. The van der Waals surface area contributed by atoms with Gasteiger partial charge in [0.25, 0.3) is 0 Å². The molecular weight excluding hydrogens is 208 g/mol. The van der Waals surface area contributed by atoms with Gasteiger partial charge in [-0.25, -0.2) is 0 Å². The molecule has 0 amide bonds. The summed E-state index contributed by atoms with van der Waals surface area (Å²) in [4.78, 5) is 2.41. The largest absolute Gasteiger partial charge is 0.394 e. The van der Waals surface area contributed by atoms with Gasteiger partial charge in [-0.3, -0.25) is 0 Å². The topological polar surface area (TPSA) is 49.5 Å². The maximum Gasteiger partial charge on any atom is 0.103 e. The number of thiocarbonyl (C=S) groups is 1. The number of nitrogens with two attached hydrogens (primary N) is 1. The van der Waals surface area contributed by atoms with Crippen molar-refractivity contribution < 1.29 is 5.11 Å². The lowest BCUT2D eigenvalue weighted by molar-refractivity contribution is 0.270. The van der Waals surface area contributed by atoms with Gasteiger partial charge in [-0.2, -0.15) is 0 Å². The number of anilines is 1. The molecule has 82 valence electrons. The first-order valence-corrected chi connectivity index (χ1v) is 5.20. The summed E-state index contributed by atoms with van der Waals surface area (Å²) in [5, 5.41) is 9.03. The summed E-state index contributed by atoms with van der Waals surface area (Å²) in [5.41, 5.74) is 7.40. The zero-order valence-electron chi connectivity index (χ0n) is 8.97. The average molecular weight is 224 g/mol. The van der Waals surface area contributed by atoms with Crippen LogP contribution in [0.3, 0.4) is 0 Å². The summed E-state index contributed by atoms with van der Waals surface area (Å²) in [6.45, 7) is 2.09. The summed E-state index contributed by atoms with van der Waals surface area (Å²) in [7, 11) is 1.94. The molecule has 1 aromatic rings. The second kappa shape index (κ2) is 5.09. The van der Waals surface area contributed by atoms with Crippen LogP contribution in [0.5, 0.6) is 0 Å². The van der Waals surface area contributed by atoms with Gasteiger partial charge in [0.1, 0.15) is 4.99 Å². The van der Waals surface area contributed by atoms with Crippen LogP contribution in [-0.4, -0.2) is 29.8 Å². The highest BCUT2D eigenvalue weighted by Crippen LogP contribution is 2.15. The van der Waals surface area contributed by atoms with Crippen molar-refractivity contribution in [3.63, 3.8) is 0 Å². The molecule has 0 saturated carbocycles. The second-order valence-corrected chi connectivity index (χ2v) is 3.99. The molecule has 0 aliphatic carbocycles. The van der Waals surface area contributed by atoms with E-state index in [9.17, 15) is 0 Å². The maximum absolute atomic E-state index is 9.03. The van der Waals surface area contributed by atoms with Crippen LogP contribution in [0.25, 0.3) is 0 Å². The molecule has 1 atom stereocenters. The van der Waals surface area contributed by atoms with Crippen molar-refractivity contribution in [3.05, 3.63) is 29.8 Å². The monoisotopic (exact) mass is 224 g/mol. The van der Waals surface area contributed by atoms with Crippen LogP contribution < -0.4 is 10.6 Å². The number of rotatable bonds is 4. The van der Waals surface area contributed by atoms with Crippen molar-refractivity contribution in [2.75, 3.05) is 18.6 Å². The van der Waals surface area contributed by atoms with Crippen LogP contribution in [0.2, 0.25) is 0 Å². The Bertz CT molecular complexity index is 337. The fourth-order valence-electron chi connectivity index (χ4n) is 1.24. The fourth-order valence-corrected chi connectivity index (χ4v) is 1.37. The third-order valence-corrected chi connectivity index (χ3v) is 2.72. The molecule has 0 heterocycles. The molecule has 3 N–H and O–H groups in total. The van der Waals surface area contributed by atoms with Gasteiger partial charge in [-0.1, -0.05) is 12.2 Å². The van der Waals surface area contributed by atoms with Crippen LogP contribution in [-0.2, 0) is 0 Å². The van der Waals surface area contributed by atoms with Crippen molar-refractivity contribution in [1.29, 1.82) is 0 Å². The lowest BCUT2D eigenvalue weighted by atomic mass is 10.2. The zero-order valence-corrected chi connectivity index (χ0v) is 9.79. The van der Waals surface area contributed by atoms with E-state index in [-0.39, 0.29) is 12.6 Å². The third-order valence-electron chi connectivity index (χ3n) is 2.48. The molecule has 0 radical (unpaired) electrons. The Morgan fingerprint density at radius 2 is 2.00 bits per heavy atom. The zero-order chi connectivity index (χ0) is 11.4. The highest BCUT2D eigenvalue weighted by molar-refractivity contribution is 7.80. The Labute approximate surface area is 95.5 Å². The predicted octanol–water partition coefficient (Wildman–Crippen LogP) is 1.14. The number of aliphatic hydroxyl groups is 1. The van der Waals surface area contributed by atoms with Crippen LogP contribution in [0, 0.1) is 0 Å². The maximum atomic E-state index is 9.03. The van der Waals surface area contributed by atoms with E-state index in [1.807, 2.05) is 43.1 Å². The minimum absolute atomic E-state index is 0.0979. The van der Waals surface area contributed by atoms with Gasteiger partial charge in [0.15, 0.2) is 0 Å². The second-order valence-electron chi connectivity index (χ2n) is 3.55. The molecular formula is C11H16N2OS. The van der Waals surface area contributed by atoms with Crippen molar-refractivity contribution in [2.24, 2.45) is 5.73 Å². The average Bonchev–Trinajstić information content (AvgIpc) is 2.27. The van der Waals surface area contributed by atoms with Crippen LogP contribution in [0.15, 0.2) is 24.3 Å². The van der Waals surface area contributed by atoms with Gasteiger partial charge in [-0.05, 0) is 31.2 Å². The molecule has 3 nitrogen and oxygen atoms in total. The van der Waals surface area contributed by atoms with Crippen LogP contribution in [0.1, 0.15) is 12.5 Å². The third kappa shape index (κ3) is 2.91. The van der Waals surface area contributed by atoms with Gasteiger partial charge in [0.2, 0.25) is 0 Å². The Hall–Kier alpha value is -1.13. The molecule has 0 fully saturated rings. The van der Waals surface area contributed by atoms with Gasteiger partial charge in [0, 0.05) is 24.3 Å². The Balaban J connectivity index is 2.84. The summed E-state index contributed by atoms with van der Waals surface area (Å²) in [6, 6.07) is 7.76. The quantitative estimate of drug-likeness (QED) is 0.753. The molecule has 4 heteroatoms. The van der Waals surface area contributed by atoms with Crippen molar-refractivity contribution in [3.8, 4) is 0 Å². The first-order chi connectivity index (χ1) is 7.06. The van der Waals surface area contributed by atoms with E-state index in [0.717, 1.165) is 11.3 Å². The van der Waals surface area contributed by atoms with Gasteiger partial charge in [-0.15, -0.1) is 0 Å². The summed E-state index contributed by atoms with van der Waals surface area (Å²) in [5.74, 6) is 0. The van der Waals surface area contributed by atoms with E-state index in [0.29, 0.717) is 4.99 Å². The number of hydrogen-bond donors (Lipinski definition) is 2. The van der Waals surface area contributed by atoms with Gasteiger partial charge < -0.3 is 15.7 Å². The molecule has 1 unspecified atom stereocenters. The lowest BCUT2D eigenvalue weighted by Crippen LogP contribution is -2.31. The Morgan fingerprint density at radius 3 is 2.40 bits per heavy atom. The number of nitrogens with zero attached hydrogens (tertiary/aromatic N) is 1. The molecule has 0 bridgehead atoms. The van der Waals surface area contributed by atoms with E-state index < -0.39 is 0 Å². The number of benzene rings is 1. The lowest BCUT2D eigenvalue weighted by Gasteiger charge is -2.25. The summed E-state index contributed by atoms with van der Waals surface area (Å²) < 4.78 is 0. The van der Waals surface area contributed by atoms with E-state index in [1.54, 1.807) is 0 Å². The molecule has 1 rings (SSSR count). The smallest absolute Gasteiger partial charge is 0.103 e. The Kier molecular flexibility index (Phi) is 4.05. The van der Waals surface area contributed by atoms with Crippen molar-refractivity contribution >= 4 is 22.9 Å². The number of likely N-dealkylation sites (N-methyl/N-ethyl adjacent to an activating group) is 1. The normalized spacial score (nSPS) is 12.2. The highest BCUT2D eigenvalue weighted by Gasteiger charge is 2.08. The van der Waals surface area contributed by atoms with Gasteiger partial charge in [0.05, 0.1) is 6.61 Å². The van der Waals surface area contributed by atoms with Gasteiger partial charge >= 0.3 is 0 Å². The summed E-state index contributed by atoms with van der Waals surface area (Å²) >= 11 is 4.87. The fraction of sp³-hybridized carbons (Fsp3) is 0.364. The summed E-state index contributed by atoms with van der Waals surface area (Å²) in [6.07, 6.45) is 0. The number of hydrogen-bond acceptors (Lipinski definition) is 3. The standard InChI is InChI=1S/C11H16N2OS/c1-8(7-14)13(2)10-5-3-9(4-6-10)11(12)15/h3-6,8,14H,7H2,1-2H3,(H2,12,15). The van der Waals surface area contributed by atoms with Crippen molar-refractivity contribution in [2.45, 2.75) is 13.0 Å². The Morgan fingerprint density at radius 1 is 1.47 bits per heavy atom. The van der Waals surface area contributed by atoms with Crippen LogP contribution >= 0.6 is 12.2 Å².